The van der Waals surface area contributed by atoms with Gasteiger partial charge >= 0.3 is 0 Å². The maximum absolute atomic E-state index is 12.2. The van der Waals surface area contributed by atoms with Crippen molar-refractivity contribution in [1.82, 2.24) is 9.88 Å². The van der Waals surface area contributed by atoms with E-state index in [2.05, 4.69) is 4.98 Å². The van der Waals surface area contributed by atoms with E-state index in [4.69, 9.17) is 10.5 Å². The second-order valence-corrected chi connectivity index (χ2v) is 4.80. The van der Waals surface area contributed by atoms with E-state index in [0.717, 1.165) is 5.69 Å². The number of anilines is 1. The molecule has 2 heterocycles. The molecule has 1 fully saturated rings. The van der Waals surface area contributed by atoms with Crippen molar-refractivity contribution in [3.05, 3.63) is 24.0 Å². The first-order valence-corrected chi connectivity index (χ1v) is 6.17. The van der Waals surface area contributed by atoms with Crippen LogP contribution in [0.5, 0.6) is 0 Å². The Hall–Kier alpha value is -1.33. The molecular weight excluding hydrogens is 266 g/mol. The van der Waals surface area contributed by atoms with E-state index in [-0.39, 0.29) is 30.5 Å². The van der Waals surface area contributed by atoms with Crippen molar-refractivity contribution in [2.24, 2.45) is 0 Å². The lowest BCUT2D eigenvalue weighted by molar-refractivity contribution is -0.142. The second-order valence-electron chi connectivity index (χ2n) is 4.80. The molecule has 2 atom stereocenters. The summed E-state index contributed by atoms with van der Waals surface area (Å²) in [6.45, 7) is 5.23. The maximum Gasteiger partial charge on any atom is 0.228 e. The minimum atomic E-state index is 0. The number of morpholine rings is 1. The van der Waals surface area contributed by atoms with Gasteiger partial charge in [-0.25, -0.2) is 0 Å². The zero-order valence-electron chi connectivity index (χ0n) is 11.2. The van der Waals surface area contributed by atoms with Crippen LogP contribution >= 0.6 is 12.4 Å². The summed E-state index contributed by atoms with van der Waals surface area (Å²) in [5.74, 6) is 0.0925. The fraction of sp³-hybridized carbons (Fsp3) is 0.538. The molecule has 2 N–H and O–H groups in total. The average molecular weight is 286 g/mol. The second kappa shape index (κ2) is 6.73. The number of ether oxygens (including phenoxy) is 1. The molecule has 19 heavy (non-hydrogen) atoms. The molecule has 0 saturated carbocycles. The van der Waals surface area contributed by atoms with Crippen LogP contribution in [-0.4, -0.2) is 41.1 Å². The highest BCUT2D eigenvalue weighted by molar-refractivity contribution is 5.85. The molecule has 0 radical (unpaired) electrons. The van der Waals surface area contributed by atoms with Crippen LogP contribution in [0.4, 0.5) is 5.69 Å². The van der Waals surface area contributed by atoms with Crippen LogP contribution in [0.25, 0.3) is 0 Å². The summed E-state index contributed by atoms with van der Waals surface area (Å²) in [7, 11) is 0. The first-order valence-electron chi connectivity index (χ1n) is 6.17. The van der Waals surface area contributed by atoms with Crippen LogP contribution in [0.2, 0.25) is 0 Å². The normalized spacial score (nSPS) is 22.7. The largest absolute Gasteiger partial charge is 0.397 e. The van der Waals surface area contributed by atoms with Crippen LogP contribution < -0.4 is 5.73 Å². The molecule has 6 heteroatoms. The minimum Gasteiger partial charge on any atom is -0.397 e. The van der Waals surface area contributed by atoms with E-state index in [1.807, 2.05) is 18.7 Å². The summed E-state index contributed by atoms with van der Waals surface area (Å²) in [4.78, 5) is 18.2. The Morgan fingerprint density at radius 1 is 1.53 bits per heavy atom. The molecule has 1 aromatic rings. The van der Waals surface area contributed by atoms with Gasteiger partial charge in [0.1, 0.15) is 0 Å². The Morgan fingerprint density at radius 2 is 2.26 bits per heavy atom. The predicted octanol–water partition coefficient (Wildman–Crippen LogP) is 1.26. The molecule has 1 aromatic heterocycles. The quantitative estimate of drug-likeness (QED) is 0.888. The number of carbonyl (C=O) groups excluding carboxylic acids is 1. The van der Waals surface area contributed by atoms with Crippen LogP contribution in [0.3, 0.4) is 0 Å². The highest BCUT2D eigenvalue weighted by Gasteiger charge is 2.27. The highest BCUT2D eigenvalue weighted by atomic mass is 35.5. The molecule has 2 rings (SSSR count). The Balaban J connectivity index is 0.00000180. The zero-order chi connectivity index (χ0) is 13.1. The third-order valence-electron chi connectivity index (χ3n) is 3.11. The first-order chi connectivity index (χ1) is 8.56. The summed E-state index contributed by atoms with van der Waals surface area (Å²) in [5.41, 5.74) is 6.93. The number of amides is 1. The SMILES string of the molecule is CC1CN(C(=O)Cc2ccc(N)cn2)C(C)CO1.Cl. The van der Waals surface area contributed by atoms with Gasteiger partial charge in [0, 0.05) is 12.2 Å². The number of nitrogen functional groups attached to an aromatic ring is 1. The summed E-state index contributed by atoms with van der Waals surface area (Å²) in [6.07, 6.45) is 2.00. The number of carbonyl (C=O) groups is 1. The standard InChI is InChI=1S/C13H19N3O2.ClH/c1-9-8-18-10(2)7-16(9)13(17)5-12-4-3-11(14)6-15-12;/h3-4,6,9-10H,5,7-8,14H2,1-2H3;1H. The van der Waals surface area contributed by atoms with Crippen molar-refractivity contribution < 1.29 is 9.53 Å². The van der Waals surface area contributed by atoms with Gasteiger partial charge in [0.15, 0.2) is 0 Å². The molecule has 2 unspecified atom stereocenters. The van der Waals surface area contributed by atoms with Crippen molar-refractivity contribution in [2.75, 3.05) is 18.9 Å². The highest BCUT2D eigenvalue weighted by Crippen LogP contribution is 2.13. The Morgan fingerprint density at radius 3 is 2.89 bits per heavy atom. The lowest BCUT2D eigenvalue weighted by Crippen LogP contribution is -2.50. The number of aromatic nitrogens is 1. The van der Waals surface area contributed by atoms with E-state index in [9.17, 15) is 4.79 Å². The van der Waals surface area contributed by atoms with Crippen LogP contribution in [-0.2, 0) is 16.0 Å². The number of pyridine rings is 1. The van der Waals surface area contributed by atoms with Gasteiger partial charge in [0.25, 0.3) is 0 Å². The smallest absolute Gasteiger partial charge is 0.228 e. The lowest BCUT2D eigenvalue weighted by Gasteiger charge is -2.36. The van der Waals surface area contributed by atoms with E-state index in [1.165, 1.54) is 0 Å². The van der Waals surface area contributed by atoms with E-state index in [0.29, 0.717) is 25.3 Å². The third-order valence-corrected chi connectivity index (χ3v) is 3.11. The fourth-order valence-electron chi connectivity index (χ4n) is 2.05. The van der Waals surface area contributed by atoms with Gasteiger partial charge in [0.2, 0.25) is 5.91 Å². The van der Waals surface area contributed by atoms with E-state index >= 15 is 0 Å². The number of nitrogens with two attached hydrogens (primary N) is 1. The Bertz CT molecular complexity index is 424. The minimum absolute atomic E-state index is 0. The molecule has 1 aliphatic heterocycles. The summed E-state index contributed by atoms with van der Waals surface area (Å²) in [5, 5.41) is 0. The van der Waals surface area contributed by atoms with Gasteiger partial charge in [-0.3, -0.25) is 9.78 Å². The van der Waals surface area contributed by atoms with Gasteiger partial charge < -0.3 is 15.4 Å². The van der Waals surface area contributed by atoms with Gasteiger partial charge in [0.05, 0.1) is 37.1 Å². The van der Waals surface area contributed by atoms with Crippen molar-refractivity contribution >= 4 is 24.0 Å². The van der Waals surface area contributed by atoms with Crippen molar-refractivity contribution in [2.45, 2.75) is 32.4 Å². The molecule has 5 nitrogen and oxygen atoms in total. The van der Waals surface area contributed by atoms with E-state index < -0.39 is 0 Å². The topological polar surface area (TPSA) is 68.5 Å². The van der Waals surface area contributed by atoms with Crippen molar-refractivity contribution in [1.29, 1.82) is 0 Å². The molecule has 106 valence electrons. The summed E-state index contributed by atoms with van der Waals surface area (Å²) in [6, 6.07) is 3.69. The monoisotopic (exact) mass is 285 g/mol. The number of nitrogens with zero attached hydrogens (tertiary/aromatic N) is 2. The lowest BCUT2D eigenvalue weighted by atomic mass is 10.1. The Kier molecular flexibility index (Phi) is 5.57. The third kappa shape index (κ3) is 4.08. The van der Waals surface area contributed by atoms with Gasteiger partial charge in [-0.05, 0) is 26.0 Å². The van der Waals surface area contributed by atoms with Crippen molar-refractivity contribution in [3.8, 4) is 0 Å². The van der Waals surface area contributed by atoms with Crippen LogP contribution in [0, 0.1) is 0 Å². The predicted molar refractivity (Wildman–Crippen MR) is 76.2 cm³/mol. The molecule has 1 saturated heterocycles. The summed E-state index contributed by atoms with van der Waals surface area (Å²) < 4.78 is 5.51. The molecular formula is C13H20ClN3O2. The summed E-state index contributed by atoms with van der Waals surface area (Å²) >= 11 is 0. The molecule has 0 aliphatic carbocycles. The molecule has 0 spiro atoms. The fourth-order valence-corrected chi connectivity index (χ4v) is 2.05. The van der Waals surface area contributed by atoms with E-state index in [1.54, 1.807) is 18.3 Å². The molecule has 0 bridgehead atoms. The van der Waals surface area contributed by atoms with Gasteiger partial charge in [-0.1, -0.05) is 0 Å². The van der Waals surface area contributed by atoms with Gasteiger partial charge in [-0.2, -0.15) is 0 Å². The number of halogens is 1. The average Bonchev–Trinajstić information content (AvgIpc) is 2.35. The Labute approximate surface area is 119 Å². The molecule has 0 aromatic carbocycles. The van der Waals surface area contributed by atoms with Crippen molar-refractivity contribution in [3.63, 3.8) is 0 Å². The number of hydrogen-bond donors (Lipinski definition) is 1. The van der Waals surface area contributed by atoms with Crippen LogP contribution in [0.15, 0.2) is 18.3 Å². The van der Waals surface area contributed by atoms with Gasteiger partial charge in [-0.15, -0.1) is 12.4 Å². The zero-order valence-corrected chi connectivity index (χ0v) is 12.0. The molecule has 1 aliphatic rings. The first kappa shape index (κ1) is 15.7. The number of rotatable bonds is 2. The van der Waals surface area contributed by atoms with Crippen LogP contribution in [0.1, 0.15) is 19.5 Å². The molecule has 1 amide bonds. The maximum atomic E-state index is 12.2. The number of hydrogen-bond acceptors (Lipinski definition) is 4.